The molecular formula is C11H12F4S. The maximum atomic E-state index is 13.5. The van der Waals surface area contributed by atoms with Gasteiger partial charge in [0, 0.05) is 0 Å². The van der Waals surface area contributed by atoms with Crippen molar-refractivity contribution in [1.29, 1.82) is 0 Å². The molecule has 0 heterocycles. The molecule has 0 spiro atoms. The largest absolute Gasteiger partial charge is 0.446 e. The zero-order valence-corrected chi connectivity index (χ0v) is 9.97. The van der Waals surface area contributed by atoms with Gasteiger partial charge in [0.2, 0.25) is 0 Å². The predicted molar refractivity (Wildman–Crippen MR) is 57.1 cm³/mol. The number of hydrogen-bond donors (Lipinski definition) is 0. The fourth-order valence-corrected chi connectivity index (χ4v) is 1.94. The van der Waals surface area contributed by atoms with Gasteiger partial charge < -0.3 is 0 Å². The van der Waals surface area contributed by atoms with Crippen molar-refractivity contribution in [1.82, 2.24) is 0 Å². The van der Waals surface area contributed by atoms with E-state index in [-0.39, 0.29) is 10.8 Å². The first-order chi connectivity index (χ1) is 7.20. The van der Waals surface area contributed by atoms with Gasteiger partial charge in [0.1, 0.15) is 5.82 Å². The van der Waals surface area contributed by atoms with Gasteiger partial charge in [0.25, 0.3) is 0 Å². The normalized spacial score (nSPS) is 12.2. The van der Waals surface area contributed by atoms with Crippen LogP contribution in [0, 0.1) is 12.7 Å². The second-order valence-corrected chi connectivity index (χ2v) is 4.93. The first-order valence-electron chi connectivity index (χ1n) is 4.76. The molecule has 0 atom stereocenters. The highest BCUT2D eigenvalue weighted by Gasteiger charge is 2.31. The van der Waals surface area contributed by atoms with Crippen LogP contribution in [0.3, 0.4) is 0 Å². The Hall–Kier alpha value is -0.710. The third-order valence-corrected chi connectivity index (χ3v) is 3.09. The highest BCUT2D eigenvalue weighted by molar-refractivity contribution is 8.00. The number of aryl methyl sites for hydroxylation is 1. The number of hydrogen-bond acceptors (Lipinski definition) is 1. The van der Waals surface area contributed by atoms with E-state index in [1.807, 2.05) is 13.8 Å². The third kappa shape index (κ3) is 3.40. The average molecular weight is 252 g/mol. The van der Waals surface area contributed by atoms with Crippen molar-refractivity contribution >= 4 is 11.8 Å². The van der Waals surface area contributed by atoms with Gasteiger partial charge in [0.05, 0.1) is 4.90 Å². The smallest absolute Gasteiger partial charge is 0.206 e. The van der Waals surface area contributed by atoms with Crippen LogP contribution in [-0.2, 0) is 0 Å². The van der Waals surface area contributed by atoms with Gasteiger partial charge in [-0.3, -0.25) is 0 Å². The van der Waals surface area contributed by atoms with Crippen LogP contribution in [0.2, 0.25) is 0 Å². The Morgan fingerprint density at radius 1 is 1.19 bits per heavy atom. The van der Waals surface area contributed by atoms with E-state index in [4.69, 9.17) is 0 Å². The van der Waals surface area contributed by atoms with Gasteiger partial charge in [-0.05, 0) is 41.8 Å². The number of rotatable bonds is 2. The summed E-state index contributed by atoms with van der Waals surface area (Å²) in [6.07, 6.45) is 0. The van der Waals surface area contributed by atoms with Crippen LogP contribution in [0.5, 0.6) is 0 Å². The lowest BCUT2D eigenvalue weighted by molar-refractivity contribution is -0.0329. The van der Waals surface area contributed by atoms with Crippen molar-refractivity contribution in [3.05, 3.63) is 29.1 Å². The van der Waals surface area contributed by atoms with E-state index in [1.54, 1.807) is 6.07 Å². The molecule has 0 aromatic heterocycles. The molecule has 90 valence electrons. The van der Waals surface area contributed by atoms with Crippen LogP contribution < -0.4 is 0 Å². The molecule has 1 aromatic rings. The van der Waals surface area contributed by atoms with Crippen LogP contribution in [0.15, 0.2) is 17.0 Å². The van der Waals surface area contributed by atoms with E-state index in [0.29, 0.717) is 11.1 Å². The summed E-state index contributed by atoms with van der Waals surface area (Å²) in [6.45, 7) is 5.22. The minimum atomic E-state index is -4.45. The summed E-state index contributed by atoms with van der Waals surface area (Å²) >= 11 is -0.401. The zero-order chi connectivity index (χ0) is 12.5. The molecule has 0 aliphatic heterocycles. The lowest BCUT2D eigenvalue weighted by atomic mass is 10.0. The summed E-state index contributed by atoms with van der Waals surface area (Å²) < 4.78 is 50.0. The van der Waals surface area contributed by atoms with Crippen LogP contribution in [0.1, 0.15) is 30.9 Å². The number of benzene rings is 1. The number of thioether (sulfide) groups is 1. The van der Waals surface area contributed by atoms with E-state index >= 15 is 0 Å². The number of alkyl halides is 3. The molecule has 0 unspecified atom stereocenters. The van der Waals surface area contributed by atoms with Gasteiger partial charge in [-0.25, -0.2) is 4.39 Å². The third-order valence-electron chi connectivity index (χ3n) is 2.14. The molecule has 0 saturated carbocycles. The summed E-state index contributed by atoms with van der Waals surface area (Å²) in [5.41, 5.74) is -3.42. The molecular weight excluding hydrogens is 240 g/mol. The molecule has 0 N–H and O–H groups in total. The minimum Gasteiger partial charge on any atom is -0.206 e. The Balaban J connectivity index is 3.13. The maximum absolute atomic E-state index is 13.5. The van der Waals surface area contributed by atoms with Gasteiger partial charge in [-0.15, -0.1) is 0 Å². The van der Waals surface area contributed by atoms with Crippen molar-refractivity contribution in [2.75, 3.05) is 0 Å². The standard InChI is InChI=1S/C11H12F4S/c1-6(2)8-4-7(3)10(9(12)5-8)16-11(13,14)15/h4-6H,1-3H3. The van der Waals surface area contributed by atoms with Gasteiger partial charge >= 0.3 is 5.51 Å². The summed E-state index contributed by atoms with van der Waals surface area (Å²) in [4.78, 5) is -0.336. The zero-order valence-electron chi connectivity index (χ0n) is 9.15. The molecule has 16 heavy (non-hydrogen) atoms. The highest BCUT2D eigenvalue weighted by atomic mass is 32.2. The van der Waals surface area contributed by atoms with Crippen LogP contribution in [0.25, 0.3) is 0 Å². The van der Waals surface area contributed by atoms with E-state index < -0.39 is 23.1 Å². The van der Waals surface area contributed by atoms with E-state index in [1.165, 1.54) is 13.0 Å². The summed E-state index contributed by atoms with van der Waals surface area (Å²) in [6, 6.07) is 2.77. The molecule has 1 aromatic carbocycles. The van der Waals surface area contributed by atoms with E-state index in [2.05, 4.69) is 0 Å². The predicted octanol–water partition coefficient (Wildman–Crippen LogP) is 4.87. The van der Waals surface area contributed by atoms with Gasteiger partial charge in [-0.1, -0.05) is 19.9 Å². The van der Waals surface area contributed by atoms with Crippen molar-refractivity contribution < 1.29 is 17.6 Å². The van der Waals surface area contributed by atoms with Crippen molar-refractivity contribution in [3.63, 3.8) is 0 Å². The molecule has 0 amide bonds. The minimum absolute atomic E-state index is 0.0955. The van der Waals surface area contributed by atoms with Crippen molar-refractivity contribution in [3.8, 4) is 0 Å². The fourth-order valence-electron chi connectivity index (χ4n) is 1.34. The molecule has 0 bridgehead atoms. The Morgan fingerprint density at radius 3 is 2.12 bits per heavy atom. The quantitative estimate of drug-likeness (QED) is 0.534. The lowest BCUT2D eigenvalue weighted by Gasteiger charge is -2.13. The Bertz CT molecular complexity index is 359. The molecule has 0 saturated heterocycles. The van der Waals surface area contributed by atoms with Crippen LogP contribution in [0.4, 0.5) is 17.6 Å². The molecule has 5 heteroatoms. The second-order valence-electron chi connectivity index (χ2n) is 3.85. The molecule has 0 aliphatic rings. The van der Waals surface area contributed by atoms with Crippen molar-refractivity contribution in [2.45, 2.75) is 37.1 Å². The van der Waals surface area contributed by atoms with Crippen molar-refractivity contribution in [2.24, 2.45) is 0 Å². The highest BCUT2D eigenvalue weighted by Crippen LogP contribution is 2.40. The molecule has 1 rings (SSSR count). The van der Waals surface area contributed by atoms with Gasteiger partial charge in [0.15, 0.2) is 0 Å². The number of halogens is 4. The monoisotopic (exact) mass is 252 g/mol. The van der Waals surface area contributed by atoms with E-state index in [9.17, 15) is 17.6 Å². The topological polar surface area (TPSA) is 0 Å². The summed E-state index contributed by atoms with van der Waals surface area (Å²) in [7, 11) is 0. The SMILES string of the molecule is Cc1cc(C(C)C)cc(F)c1SC(F)(F)F. The summed E-state index contributed by atoms with van der Waals surface area (Å²) in [5.74, 6) is -0.704. The summed E-state index contributed by atoms with van der Waals surface area (Å²) in [5, 5.41) is 0. The Labute approximate surface area is 96.0 Å². The first kappa shape index (κ1) is 13.4. The molecule has 0 radical (unpaired) electrons. The van der Waals surface area contributed by atoms with E-state index in [0.717, 1.165) is 0 Å². The van der Waals surface area contributed by atoms with Crippen LogP contribution in [-0.4, -0.2) is 5.51 Å². The second kappa shape index (κ2) is 4.65. The lowest BCUT2D eigenvalue weighted by Crippen LogP contribution is -2.03. The maximum Gasteiger partial charge on any atom is 0.446 e. The first-order valence-corrected chi connectivity index (χ1v) is 5.58. The molecule has 0 aliphatic carbocycles. The Morgan fingerprint density at radius 2 is 1.75 bits per heavy atom. The molecule has 0 fully saturated rings. The van der Waals surface area contributed by atoms with Crippen LogP contribution >= 0.6 is 11.8 Å². The average Bonchev–Trinajstić information content (AvgIpc) is 2.09. The Kier molecular flexibility index (Phi) is 3.88. The molecule has 0 nitrogen and oxygen atoms in total. The fraction of sp³-hybridized carbons (Fsp3) is 0.455. The van der Waals surface area contributed by atoms with Gasteiger partial charge in [-0.2, -0.15) is 13.2 Å².